The van der Waals surface area contributed by atoms with E-state index in [1.807, 2.05) is 24.4 Å². The molecule has 11 heteroatoms. The first-order valence-corrected chi connectivity index (χ1v) is 12.3. The van der Waals surface area contributed by atoms with Gasteiger partial charge in [0.05, 0.1) is 36.9 Å². The van der Waals surface area contributed by atoms with Crippen LogP contribution in [0.2, 0.25) is 0 Å². The van der Waals surface area contributed by atoms with Crippen molar-refractivity contribution >= 4 is 46.2 Å². The Morgan fingerprint density at radius 3 is 2.69 bits per heavy atom. The van der Waals surface area contributed by atoms with Gasteiger partial charge in [-0.15, -0.1) is 0 Å². The Morgan fingerprint density at radius 2 is 1.97 bits per heavy atom. The van der Waals surface area contributed by atoms with E-state index < -0.39 is 5.91 Å². The molecule has 0 aliphatic rings. The van der Waals surface area contributed by atoms with Crippen molar-refractivity contribution in [2.45, 2.75) is 31.3 Å². The summed E-state index contributed by atoms with van der Waals surface area (Å²) < 4.78 is 21.8. The highest BCUT2D eigenvalue weighted by Crippen LogP contribution is 2.37. The Labute approximate surface area is 217 Å². The van der Waals surface area contributed by atoms with Gasteiger partial charge in [-0.25, -0.2) is 0 Å². The first kappa shape index (κ1) is 25.5. The lowest BCUT2D eigenvalue weighted by molar-refractivity contribution is -0.117. The molecular weight excluding hydrogens is 502 g/mol. The molecule has 36 heavy (non-hydrogen) atoms. The van der Waals surface area contributed by atoms with E-state index in [1.165, 1.54) is 17.5 Å². The Balaban J connectivity index is 1.50. The van der Waals surface area contributed by atoms with Crippen LogP contribution in [0.15, 0.2) is 63.8 Å². The summed E-state index contributed by atoms with van der Waals surface area (Å²) in [4.78, 5) is 12.5. The molecule has 0 spiro atoms. The fourth-order valence-corrected chi connectivity index (χ4v) is 4.46. The van der Waals surface area contributed by atoms with Gasteiger partial charge in [-0.05, 0) is 53.8 Å². The first-order valence-electron chi connectivity index (χ1n) is 11.1. The molecule has 0 aliphatic carbocycles. The number of rotatable bonds is 11. The van der Waals surface area contributed by atoms with Crippen LogP contribution in [0.4, 0.5) is 5.82 Å². The van der Waals surface area contributed by atoms with Gasteiger partial charge in [-0.1, -0.05) is 36.3 Å². The molecule has 0 aliphatic heterocycles. The summed E-state index contributed by atoms with van der Waals surface area (Å²) in [6.45, 7) is 6.29. The molecule has 0 fully saturated rings. The molecule has 0 saturated carbocycles. The van der Waals surface area contributed by atoms with Crippen molar-refractivity contribution in [3.8, 4) is 11.5 Å². The van der Waals surface area contributed by atoms with Crippen LogP contribution in [-0.4, -0.2) is 35.1 Å². The van der Waals surface area contributed by atoms with Gasteiger partial charge in [0.25, 0.3) is 5.91 Å². The molecule has 0 saturated heterocycles. The van der Waals surface area contributed by atoms with Crippen LogP contribution >= 0.6 is 23.5 Å². The van der Waals surface area contributed by atoms with Crippen LogP contribution in [0.25, 0.3) is 11.0 Å². The Morgan fingerprint density at radius 1 is 1.17 bits per heavy atom. The third-order valence-electron chi connectivity index (χ3n) is 5.44. The largest absolute Gasteiger partial charge is 0.496 e. The molecule has 2 aromatic carbocycles. The maximum absolute atomic E-state index is 11.6. The van der Waals surface area contributed by atoms with Crippen molar-refractivity contribution in [3.05, 3.63) is 71.0 Å². The minimum absolute atomic E-state index is 0.0595. The van der Waals surface area contributed by atoms with Gasteiger partial charge >= 0.3 is 0 Å². The van der Waals surface area contributed by atoms with E-state index >= 15 is 0 Å². The van der Waals surface area contributed by atoms with Crippen LogP contribution in [0.1, 0.15) is 23.6 Å². The Kier molecular flexibility index (Phi) is 8.07. The molecule has 4 rings (SSSR count). The summed E-state index contributed by atoms with van der Waals surface area (Å²) >= 11 is 7.00. The van der Waals surface area contributed by atoms with Gasteiger partial charge in [0.1, 0.15) is 16.9 Å². The second-order valence-corrected chi connectivity index (χ2v) is 9.18. The number of nitrogens with one attached hydrogen (secondary N) is 2. The molecule has 0 unspecified atom stereocenters. The number of aromatic nitrogens is 3. The van der Waals surface area contributed by atoms with Crippen LogP contribution in [-0.2, 0) is 24.3 Å². The summed E-state index contributed by atoms with van der Waals surface area (Å²) in [5.41, 5.74) is 3.54. The molecule has 1 amide bonds. The van der Waals surface area contributed by atoms with E-state index in [9.17, 15) is 4.79 Å². The van der Waals surface area contributed by atoms with Crippen molar-refractivity contribution in [2.75, 3.05) is 18.9 Å². The molecule has 2 N–H and O–H groups in total. The number of anilines is 1. The van der Waals surface area contributed by atoms with Crippen molar-refractivity contribution < 1.29 is 18.8 Å². The number of hydrogen-bond acceptors (Lipinski definition) is 8. The molecule has 2 heterocycles. The van der Waals surface area contributed by atoms with Crippen LogP contribution in [0, 0.1) is 0 Å². The number of carbonyl (C=O) groups excluding carboxylic acids is 1. The van der Waals surface area contributed by atoms with E-state index in [4.69, 9.17) is 25.6 Å². The quantitative estimate of drug-likeness (QED) is 0.204. The van der Waals surface area contributed by atoms with Crippen molar-refractivity contribution in [3.63, 3.8) is 0 Å². The molecule has 2 aromatic heterocycles. The van der Waals surface area contributed by atoms with Gasteiger partial charge in [0, 0.05) is 18.3 Å². The summed E-state index contributed by atoms with van der Waals surface area (Å²) in [6, 6.07) is 9.92. The molecule has 0 radical (unpaired) electrons. The summed E-state index contributed by atoms with van der Waals surface area (Å²) in [5.74, 6) is 1.54. The third kappa shape index (κ3) is 5.77. The SMILES string of the molecule is C=C(Cl)C(=O)NCc1cnn(Cc2cc(OC)c3c(NSc4cc(CC)ccc4OC)noc3c2)c1. The summed E-state index contributed by atoms with van der Waals surface area (Å²) in [6.07, 6.45) is 4.45. The lowest BCUT2D eigenvalue weighted by Crippen LogP contribution is -2.22. The molecule has 0 atom stereocenters. The van der Waals surface area contributed by atoms with E-state index in [0.717, 1.165) is 33.6 Å². The van der Waals surface area contributed by atoms with Gasteiger partial charge in [-0.3, -0.25) is 9.48 Å². The molecule has 9 nitrogen and oxygen atoms in total. The van der Waals surface area contributed by atoms with E-state index in [1.54, 1.807) is 25.1 Å². The number of ether oxygens (including phenoxy) is 2. The highest BCUT2D eigenvalue weighted by molar-refractivity contribution is 8.00. The average molecular weight is 528 g/mol. The van der Waals surface area contributed by atoms with Gasteiger partial charge < -0.3 is 24.0 Å². The lowest BCUT2D eigenvalue weighted by atomic mass is 10.1. The van der Waals surface area contributed by atoms with Crippen molar-refractivity contribution in [1.29, 1.82) is 0 Å². The number of benzene rings is 2. The maximum atomic E-state index is 11.6. The monoisotopic (exact) mass is 527 g/mol. The smallest absolute Gasteiger partial charge is 0.262 e. The molecule has 4 aromatic rings. The Bertz CT molecular complexity index is 1400. The minimum Gasteiger partial charge on any atom is -0.496 e. The fourth-order valence-electron chi connectivity index (χ4n) is 3.59. The minimum atomic E-state index is -0.413. The normalized spacial score (nSPS) is 10.9. The van der Waals surface area contributed by atoms with Gasteiger partial charge in [0.15, 0.2) is 11.4 Å². The van der Waals surface area contributed by atoms with E-state index in [0.29, 0.717) is 30.2 Å². The number of aryl methyl sites for hydroxylation is 1. The zero-order chi connectivity index (χ0) is 25.7. The second-order valence-electron chi connectivity index (χ2n) is 7.88. The Hall–Kier alpha value is -3.63. The summed E-state index contributed by atoms with van der Waals surface area (Å²) in [7, 11) is 3.26. The van der Waals surface area contributed by atoms with E-state index in [-0.39, 0.29) is 5.03 Å². The number of carbonyl (C=O) groups is 1. The molecule has 0 bridgehead atoms. The van der Waals surface area contributed by atoms with Crippen molar-refractivity contribution in [2.24, 2.45) is 0 Å². The standard InChI is InChI=1S/C25H26ClN5O4S/c1-5-16-6-7-19(33-3)22(10-16)36-30-24-23-20(34-4)8-17(9-21(23)35-29-24)13-31-14-18(12-28-31)11-27-25(32)15(2)26/h6-10,12,14H,2,5,11,13H2,1,3-4H3,(H,27,32)(H,29,30). The fraction of sp³-hybridized carbons (Fsp3) is 0.240. The zero-order valence-electron chi connectivity index (χ0n) is 20.1. The predicted octanol–water partition coefficient (Wildman–Crippen LogP) is 5.14. The number of hydrogen-bond donors (Lipinski definition) is 2. The van der Waals surface area contributed by atoms with Crippen LogP contribution < -0.4 is 19.5 Å². The van der Waals surface area contributed by atoms with Gasteiger partial charge in [0.2, 0.25) is 0 Å². The van der Waals surface area contributed by atoms with Crippen LogP contribution in [0.3, 0.4) is 0 Å². The number of nitrogens with zero attached hydrogens (tertiary/aromatic N) is 3. The highest BCUT2D eigenvalue weighted by Gasteiger charge is 2.17. The zero-order valence-corrected chi connectivity index (χ0v) is 21.7. The topological polar surface area (TPSA) is 103 Å². The summed E-state index contributed by atoms with van der Waals surface area (Å²) in [5, 5.41) is 11.9. The number of methoxy groups -OCH3 is 2. The third-order valence-corrected chi connectivity index (χ3v) is 6.45. The number of amides is 1. The average Bonchev–Trinajstić information content (AvgIpc) is 3.51. The van der Waals surface area contributed by atoms with Gasteiger partial charge in [-0.2, -0.15) is 5.10 Å². The predicted molar refractivity (Wildman–Crippen MR) is 141 cm³/mol. The van der Waals surface area contributed by atoms with E-state index in [2.05, 4.69) is 45.9 Å². The highest BCUT2D eigenvalue weighted by atomic mass is 35.5. The number of halogens is 1. The first-order chi connectivity index (χ1) is 17.4. The molecule has 188 valence electrons. The maximum Gasteiger partial charge on any atom is 0.262 e. The van der Waals surface area contributed by atoms with Crippen molar-refractivity contribution in [1.82, 2.24) is 20.3 Å². The number of fused-ring (bicyclic) bond motifs is 1. The second kappa shape index (κ2) is 11.4. The molecular formula is C25H26ClN5O4S. The lowest BCUT2D eigenvalue weighted by Gasteiger charge is -2.11. The van der Waals surface area contributed by atoms with Crippen LogP contribution in [0.5, 0.6) is 11.5 Å².